The molecule has 6 heteroatoms. The van der Waals surface area contributed by atoms with Crippen LogP contribution in [0.4, 0.5) is 0 Å². The van der Waals surface area contributed by atoms with Gasteiger partial charge in [0, 0.05) is 3.51 Å². The second kappa shape index (κ2) is 8.91. The molecule has 1 N–H and O–H groups in total. The lowest BCUT2D eigenvalue weighted by Gasteiger charge is -2.15. The molecule has 3 nitrogen and oxygen atoms in total. The Balaban J connectivity index is 2.56. The molecule has 0 aromatic heterocycles. The Labute approximate surface area is 130 Å². The molecule has 0 fully saturated rings. The van der Waals surface area contributed by atoms with Gasteiger partial charge in [-0.2, -0.15) is 8.42 Å². The summed E-state index contributed by atoms with van der Waals surface area (Å²) >= 11 is -0.441. The van der Waals surface area contributed by atoms with Gasteiger partial charge >= 0.3 is 0 Å². The van der Waals surface area contributed by atoms with E-state index in [0.717, 1.165) is 22.8 Å². The van der Waals surface area contributed by atoms with Crippen molar-refractivity contribution in [2.45, 2.75) is 50.7 Å². The number of hydrogen-bond donors (Lipinski definition) is 1. The molecule has 18 heavy (non-hydrogen) atoms. The lowest BCUT2D eigenvalue weighted by atomic mass is 10.1. The number of hydrogen-bond acceptors (Lipinski definition) is 2. The van der Waals surface area contributed by atoms with Gasteiger partial charge in [-0.25, -0.2) is 0 Å². The molecule has 0 bridgehead atoms. The number of rotatable bonds is 8. The van der Waals surface area contributed by atoms with Crippen molar-refractivity contribution in [1.82, 2.24) is 0 Å². The standard InChI is InChI=1S/C12H20I2O3S/c1-2-3-4-5-6-7-12(18(15,16)17)11-10-13-8-9-14-11/h8-10,12H,2-7H2,1H3,(H,15,16,17). The van der Waals surface area contributed by atoms with Crippen LogP contribution >= 0.6 is 41.5 Å². The Morgan fingerprint density at radius 1 is 1.22 bits per heavy atom. The predicted molar refractivity (Wildman–Crippen MR) is 97.0 cm³/mol. The SMILES string of the molecule is CCCCCCCC(C1=IC=CI=C1)S(=O)(=O)O. The lowest BCUT2D eigenvalue weighted by Crippen LogP contribution is -2.29. The molecular weight excluding hydrogens is 478 g/mol. The van der Waals surface area contributed by atoms with Crippen LogP contribution in [-0.4, -0.2) is 25.7 Å². The average Bonchev–Trinajstić information content (AvgIpc) is 2.33. The fourth-order valence-electron chi connectivity index (χ4n) is 1.75. The molecule has 1 aliphatic rings. The van der Waals surface area contributed by atoms with E-state index in [1.807, 2.05) is 0 Å². The minimum atomic E-state index is -3.91. The van der Waals surface area contributed by atoms with Crippen molar-refractivity contribution in [3.8, 4) is 0 Å². The molecule has 1 aliphatic heterocycles. The number of halogens is 2. The van der Waals surface area contributed by atoms with Gasteiger partial charge < -0.3 is 0 Å². The first kappa shape index (κ1) is 16.9. The highest BCUT2D eigenvalue weighted by Gasteiger charge is 2.26. The molecule has 1 heterocycles. The van der Waals surface area contributed by atoms with Gasteiger partial charge in [-0.3, -0.25) is 4.55 Å². The third-order valence-electron chi connectivity index (χ3n) is 2.71. The van der Waals surface area contributed by atoms with Crippen molar-refractivity contribution in [3.05, 3.63) is 8.17 Å². The van der Waals surface area contributed by atoms with Crippen LogP contribution in [0.1, 0.15) is 45.4 Å². The normalized spacial score (nSPS) is 17.6. The van der Waals surface area contributed by atoms with Gasteiger partial charge in [0.15, 0.2) is 0 Å². The van der Waals surface area contributed by atoms with Crippen molar-refractivity contribution in [2.24, 2.45) is 0 Å². The minimum absolute atomic E-state index is 0.124. The fraction of sp³-hybridized carbons (Fsp3) is 0.667. The van der Waals surface area contributed by atoms with Crippen molar-refractivity contribution >= 4 is 59.1 Å². The molecule has 0 saturated carbocycles. The molecule has 0 amide bonds. The molecule has 0 aromatic carbocycles. The van der Waals surface area contributed by atoms with Crippen LogP contribution in [0.3, 0.4) is 0 Å². The summed E-state index contributed by atoms with van der Waals surface area (Å²) in [6, 6.07) is 0. The Hall–Kier alpha value is 0.850. The van der Waals surface area contributed by atoms with Crippen LogP contribution in [0.15, 0.2) is 8.17 Å². The van der Waals surface area contributed by atoms with Gasteiger partial charge in [0.25, 0.3) is 10.1 Å². The lowest BCUT2D eigenvalue weighted by molar-refractivity contribution is 0.472. The minimum Gasteiger partial charge on any atom is -0.285 e. The van der Waals surface area contributed by atoms with Gasteiger partial charge in [-0.05, 0) is 18.6 Å². The molecule has 106 valence electrons. The topological polar surface area (TPSA) is 54.4 Å². The van der Waals surface area contributed by atoms with Crippen LogP contribution in [0, 0.1) is 0 Å². The van der Waals surface area contributed by atoms with Crippen molar-refractivity contribution in [3.63, 3.8) is 0 Å². The van der Waals surface area contributed by atoms with E-state index in [9.17, 15) is 13.0 Å². The summed E-state index contributed by atoms with van der Waals surface area (Å²) in [6.07, 6.45) is 6.11. The smallest absolute Gasteiger partial charge is 0.272 e. The van der Waals surface area contributed by atoms with Crippen LogP contribution in [0.5, 0.6) is 0 Å². The first-order valence-corrected chi connectivity index (χ1v) is 12.4. The Kier molecular flexibility index (Phi) is 8.37. The van der Waals surface area contributed by atoms with Crippen LogP contribution in [-0.2, 0) is 10.1 Å². The van der Waals surface area contributed by atoms with Gasteiger partial charge in [-0.1, -0.05) is 80.5 Å². The molecular formula is C12H20I2O3S. The maximum atomic E-state index is 11.5. The largest absolute Gasteiger partial charge is 0.285 e. The summed E-state index contributed by atoms with van der Waals surface area (Å²) in [6.45, 7) is 2.16. The van der Waals surface area contributed by atoms with Crippen molar-refractivity contribution in [2.75, 3.05) is 0 Å². The predicted octanol–water partition coefficient (Wildman–Crippen LogP) is 4.00. The molecule has 0 saturated heterocycles. The summed E-state index contributed by atoms with van der Waals surface area (Å²) in [5, 5.41) is -0.614. The van der Waals surface area contributed by atoms with E-state index < -0.39 is 15.4 Å². The van der Waals surface area contributed by atoms with Crippen molar-refractivity contribution < 1.29 is 13.0 Å². The zero-order valence-corrected chi connectivity index (χ0v) is 15.6. The van der Waals surface area contributed by atoms with Gasteiger partial charge in [0.2, 0.25) is 0 Å². The highest BCUT2D eigenvalue weighted by Crippen LogP contribution is 2.22. The molecule has 0 radical (unpaired) electrons. The van der Waals surface area contributed by atoms with E-state index in [1.54, 1.807) is 0 Å². The molecule has 1 unspecified atom stereocenters. The Bertz CT molecular complexity index is 438. The van der Waals surface area contributed by atoms with E-state index in [4.69, 9.17) is 0 Å². The van der Waals surface area contributed by atoms with Gasteiger partial charge in [-0.15, -0.1) is 0 Å². The quantitative estimate of drug-likeness (QED) is 0.313. The monoisotopic (exact) mass is 498 g/mol. The average molecular weight is 498 g/mol. The molecule has 1 atom stereocenters. The van der Waals surface area contributed by atoms with E-state index in [-0.39, 0.29) is 41.5 Å². The van der Waals surface area contributed by atoms with Crippen LogP contribution < -0.4 is 0 Å². The third kappa shape index (κ3) is 6.33. The first-order valence-electron chi connectivity index (χ1n) is 6.12. The summed E-state index contributed by atoms with van der Waals surface area (Å²) in [5.74, 6) is 0. The summed E-state index contributed by atoms with van der Waals surface area (Å²) in [5.41, 5.74) is 0. The second-order valence-electron chi connectivity index (χ2n) is 4.19. The van der Waals surface area contributed by atoms with E-state index in [0.29, 0.717) is 6.42 Å². The fourth-order valence-corrected chi connectivity index (χ4v) is 10.4. The number of unbranched alkanes of at least 4 members (excludes halogenated alkanes) is 4. The Morgan fingerprint density at radius 3 is 2.50 bits per heavy atom. The summed E-state index contributed by atoms with van der Waals surface area (Å²) in [7, 11) is -3.91. The Morgan fingerprint density at radius 2 is 1.94 bits per heavy atom. The zero-order valence-electron chi connectivity index (χ0n) is 10.5. The van der Waals surface area contributed by atoms with E-state index in [2.05, 4.69) is 19.1 Å². The van der Waals surface area contributed by atoms with Crippen LogP contribution in [0.2, 0.25) is 0 Å². The third-order valence-corrected chi connectivity index (χ3v) is 11.2. The highest BCUT2D eigenvalue weighted by molar-refractivity contribution is 14.2. The zero-order chi connectivity index (χ0) is 13.4. The summed E-state index contributed by atoms with van der Waals surface area (Å²) < 4.78 is 39.7. The molecule has 0 aromatic rings. The van der Waals surface area contributed by atoms with Crippen molar-refractivity contribution in [1.29, 1.82) is 0 Å². The van der Waals surface area contributed by atoms with E-state index in [1.165, 1.54) is 12.8 Å². The summed E-state index contributed by atoms with van der Waals surface area (Å²) in [4.78, 5) is 0. The molecule has 1 rings (SSSR count). The second-order valence-corrected chi connectivity index (χ2v) is 10.4. The first-order chi connectivity index (χ1) is 8.55. The van der Waals surface area contributed by atoms with Gasteiger partial charge in [0.1, 0.15) is 5.25 Å². The molecule has 0 spiro atoms. The van der Waals surface area contributed by atoms with Crippen LogP contribution in [0.25, 0.3) is 0 Å². The maximum Gasteiger partial charge on any atom is 0.272 e. The maximum absolute atomic E-state index is 11.5. The van der Waals surface area contributed by atoms with Gasteiger partial charge in [0.05, 0.1) is 0 Å². The highest BCUT2D eigenvalue weighted by atomic mass is 127. The van der Waals surface area contributed by atoms with E-state index >= 15 is 0 Å². The molecule has 0 aliphatic carbocycles.